The van der Waals surface area contributed by atoms with Gasteiger partial charge in [0, 0.05) is 30.0 Å². The van der Waals surface area contributed by atoms with E-state index in [4.69, 9.17) is 0 Å². The van der Waals surface area contributed by atoms with Crippen LogP contribution < -0.4 is 0 Å². The third-order valence-electron chi connectivity index (χ3n) is 3.55. The number of imide groups is 1. The molecule has 1 aromatic heterocycles. The Labute approximate surface area is 134 Å². The topological polar surface area (TPSA) is 70.6 Å². The van der Waals surface area contributed by atoms with Crippen molar-refractivity contribution in [1.29, 1.82) is 0 Å². The van der Waals surface area contributed by atoms with Gasteiger partial charge < -0.3 is 4.90 Å². The highest BCUT2D eigenvalue weighted by molar-refractivity contribution is 9.10. The molecule has 0 spiro atoms. The van der Waals surface area contributed by atoms with Crippen LogP contribution in [-0.4, -0.2) is 56.7 Å². The van der Waals surface area contributed by atoms with Crippen molar-refractivity contribution in [1.82, 2.24) is 14.8 Å². The van der Waals surface area contributed by atoms with Crippen LogP contribution in [0.15, 0.2) is 22.9 Å². The van der Waals surface area contributed by atoms with Crippen molar-refractivity contribution < 1.29 is 14.4 Å². The summed E-state index contributed by atoms with van der Waals surface area (Å²) in [5.41, 5.74) is 0.499. The molecule has 0 aromatic carbocycles. The van der Waals surface area contributed by atoms with Gasteiger partial charge in [-0.2, -0.15) is 0 Å². The summed E-state index contributed by atoms with van der Waals surface area (Å²) in [5.74, 6) is -0.0785. The van der Waals surface area contributed by atoms with Crippen molar-refractivity contribution in [2.45, 2.75) is 12.5 Å². The van der Waals surface area contributed by atoms with E-state index >= 15 is 0 Å². The zero-order valence-electron chi connectivity index (χ0n) is 11.0. The second kappa shape index (κ2) is 5.76. The number of nitrogens with zero attached hydrogens (tertiary/aromatic N) is 3. The summed E-state index contributed by atoms with van der Waals surface area (Å²) in [4.78, 5) is 42.8. The van der Waals surface area contributed by atoms with E-state index in [1.807, 2.05) is 0 Å². The SMILES string of the molecule is O=C(c1cncc(Br)c1)N1CCC(N2C(=O)CSC2=O)C1. The lowest BCUT2D eigenvalue weighted by Gasteiger charge is -2.21. The minimum Gasteiger partial charge on any atom is -0.336 e. The monoisotopic (exact) mass is 369 g/mol. The van der Waals surface area contributed by atoms with Crippen LogP contribution in [0.2, 0.25) is 0 Å². The maximum atomic E-state index is 12.4. The maximum Gasteiger partial charge on any atom is 0.289 e. The molecule has 21 heavy (non-hydrogen) atoms. The summed E-state index contributed by atoms with van der Waals surface area (Å²) in [5, 5.41) is -0.205. The molecule has 1 aromatic rings. The van der Waals surface area contributed by atoms with Crippen LogP contribution in [0.1, 0.15) is 16.8 Å². The molecule has 2 fully saturated rings. The van der Waals surface area contributed by atoms with Crippen LogP contribution >= 0.6 is 27.7 Å². The molecule has 0 N–H and O–H groups in total. The number of halogens is 1. The minimum atomic E-state index is -0.205. The fourth-order valence-corrected chi connectivity index (χ4v) is 3.71. The summed E-state index contributed by atoms with van der Waals surface area (Å²) in [6, 6.07) is 1.51. The summed E-state index contributed by atoms with van der Waals surface area (Å²) >= 11 is 4.31. The van der Waals surface area contributed by atoms with Crippen molar-refractivity contribution in [3.63, 3.8) is 0 Å². The predicted octanol–water partition coefficient (Wildman–Crippen LogP) is 1.75. The average Bonchev–Trinajstić information content (AvgIpc) is 3.05. The second-order valence-electron chi connectivity index (χ2n) is 4.90. The van der Waals surface area contributed by atoms with E-state index < -0.39 is 0 Å². The Bertz CT molecular complexity index is 608. The van der Waals surface area contributed by atoms with Crippen LogP contribution in [0.5, 0.6) is 0 Å². The molecule has 8 heteroatoms. The largest absolute Gasteiger partial charge is 0.336 e. The smallest absolute Gasteiger partial charge is 0.289 e. The van der Waals surface area contributed by atoms with E-state index in [-0.39, 0.29) is 28.8 Å². The van der Waals surface area contributed by atoms with E-state index in [0.29, 0.717) is 25.1 Å². The number of thioether (sulfide) groups is 1. The fourth-order valence-electron chi connectivity index (χ4n) is 2.57. The molecule has 0 saturated carbocycles. The standard InChI is InChI=1S/C13H12BrN3O3S/c14-9-3-8(4-15-5-9)12(19)16-2-1-10(6-16)17-11(18)7-21-13(17)20/h3-5,10H,1-2,6-7H2. The minimum absolute atomic E-state index is 0.127. The highest BCUT2D eigenvalue weighted by Gasteiger charge is 2.40. The van der Waals surface area contributed by atoms with E-state index in [0.717, 1.165) is 16.2 Å². The third kappa shape index (κ3) is 2.82. The highest BCUT2D eigenvalue weighted by Crippen LogP contribution is 2.27. The number of carbonyl (C=O) groups excluding carboxylic acids is 3. The first kappa shape index (κ1) is 14.5. The number of pyridine rings is 1. The van der Waals surface area contributed by atoms with Crippen molar-refractivity contribution >= 4 is 44.7 Å². The molecular weight excluding hydrogens is 358 g/mol. The van der Waals surface area contributed by atoms with Crippen LogP contribution in [0.3, 0.4) is 0 Å². The molecule has 0 radical (unpaired) electrons. The van der Waals surface area contributed by atoms with Gasteiger partial charge >= 0.3 is 0 Å². The lowest BCUT2D eigenvalue weighted by atomic mass is 10.2. The summed E-state index contributed by atoms with van der Waals surface area (Å²) < 4.78 is 0.741. The van der Waals surface area contributed by atoms with Gasteiger partial charge in [0.1, 0.15) is 0 Å². The average molecular weight is 370 g/mol. The van der Waals surface area contributed by atoms with Crippen molar-refractivity contribution in [3.8, 4) is 0 Å². The number of likely N-dealkylation sites (tertiary alicyclic amines) is 1. The lowest BCUT2D eigenvalue weighted by Crippen LogP contribution is -2.41. The Morgan fingerprint density at radius 1 is 1.38 bits per heavy atom. The summed E-state index contributed by atoms with van der Waals surface area (Å²) in [6.07, 6.45) is 3.76. The molecule has 1 unspecified atom stereocenters. The van der Waals surface area contributed by atoms with Gasteiger partial charge in [-0.15, -0.1) is 0 Å². The first-order valence-electron chi connectivity index (χ1n) is 6.45. The quantitative estimate of drug-likeness (QED) is 0.794. The van der Waals surface area contributed by atoms with Gasteiger partial charge in [0.25, 0.3) is 11.1 Å². The van der Waals surface area contributed by atoms with E-state index in [9.17, 15) is 14.4 Å². The van der Waals surface area contributed by atoms with Crippen molar-refractivity contribution in [3.05, 3.63) is 28.5 Å². The number of aromatic nitrogens is 1. The van der Waals surface area contributed by atoms with Gasteiger partial charge in [0.15, 0.2) is 0 Å². The third-order valence-corrected chi connectivity index (χ3v) is 4.82. The number of carbonyl (C=O) groups is 3. The zero-order chi connectivity index (χ0) is 15.0. The summed E-state index contributed by atoms with van der Waals surface area (Å²) in [6.45, 7) is 0.932. The second-order valence-corrected chi connectivity index (χ2v) is 6.75. The number of rotatable bonds is 2. The molecule has 3 amide bonds. The normalized spacial score (nSPS) is 22.2. The maximum absolute atomic E-state index is 12.4. The van der Waals surface area contributed by atoms with Gasteiger partial charge in [-0.05, 0) is 28.4 Å². The first-order valence-corrected chi connectivity index (χ1v) is 8.23. The summed E-state index contributed by atoms with van der Waals surface area (Å²) in [7, 11) is 0. The van der Waals surface area contributed by atoms with Crippen LogP contribution in [0.25, 0.3) is 0 Å². The molecule has 0 aliphatic carbocycles. The van der Waals surface area contributed by atoms with Crippen LogP contribution in [-0.2, 0) is 4.79 Å². The molecule has 1 atom stereocenters. The molecule has 2 saturated heterocycles. The Morgan fingerprint density at radius 2 is 2.19 bits per heavy atom. The molecule has 2 aliphatic heterocycles. The van der Waals surface area contributed by atoms with Crippen LogP contribution in [0, 0.1) is 0 Å². The highest BCUT2D eigenvalue weighted by atomic mass is 79.9. The number of hydrogen-bond acceptors (Lipinski definition) is 5. The van der Waals surface area contributed by atoms with Gasteiger partial charge in [0.2, 0.25) is 5.91 Å². The van der Waals surface area contributed by atoms with Crippen molar-refractivity contribution in [2.75, 3.05) is 18.8 Å². The Balaban J connectivity index is 1.71. The van der Waals surface area contributed by atoms with Gasteiger partial charge in [-0.25, -0.2) is 0 Å². The molecular formula is C13H12BrN3O3S. The first-order chi connectivity index (χ1) is 10.1. The molecule has 0 bridgehead atoms. The van der Waals surface area contributed by atoms with Gasteiger partial charge in [0.05, 0.1) is 17.4 Å². The van der Waals surface area contributed by atoms with Gasteiger partial charge in [-0.1, -0.05) is 11.8 Å². The van der Waals surface area contributed by atoms with Crippen LogP contribution in [0.4, 0.5) is 4.79 Å². The predicted molar refractivity (Wildman–Crippen MR) is 80.9 cm³/mol. The molecule has 3 heterocycles. The molecule has 6 nitrogen and oxygen atoms in total. The van der Waals surface area contributed by atoms with E-state index in [1.54, 1.807) is 17.2 Å². The molecule has 110 valence electrons. The van der Waals surface area contributed by atoms with E-state index in [1.165, 1.54) is 11.1 Å². The fraction of sp³-hybridized carbons (Fsp3) is 0.385. The lowest BCUT2D eigenvalue weighted by molar-refractivity contribution is -0.126. The van der Waals surface area contributed by atoms with Crippen molar-refractivity contribution in [2.24, 2.45) is 0 Å². The Kier molecular flexibility index (Phi) is 3.99. The number of amides is 3. The Hall–Kier alpha value is -1.41. The van der Waals surface area contributed by atoms with Gasteiger partial charge in [-0.3, -0.25) is 24.3 Å². The number of hydrogen-bond donors (Lipinski definition) is 0. The zero-order valence-corrected chi connectivity index (χ0v) is 13.4. The molecule has 3 rings (SSSR count). The van der Waals surface area contributed by atoms with E-state index in [2.05, 4.69) is 20.9 Å². The Morgan fingerprint density at radius 3 is 2.86 bits per heavy atom. The molecule has 2 aliphatic rings.